The number of carbonyl (C=O) groups excluding carboxylic acids is 1. The topological polar surface area (TPSA) is 72.8 Å². The summed E-state index contributed by atoms with van der Waals surface area (Å²) in [5, 5.41) is 6.08. The molecule has 1 aromatic heterocycles. The number of methoxy groups -OCH3 is 1. The number of amides is 1. The van der Waals surface area contributed by atoms with Gasteiger partial charge in [0.25, 0.3) is 5.91 Å². The molecule has 0 atom stereocenters. The Kier molecular flexibility index (Phi) is 9.20. The minimum absolute atomic E-state index is 0.117. The van der Waals surface area contributed by atoms with Crippen LogP contribution < -0.4 is 14.9 Å². The van der Waals surface area contributed by atoms with E-state index in [4.69, 9.17) is 9.47 Å². The van der Waals surface area contributed by atoms with E-state index in [1.54, 1.807) is 13.3 Å². The number of aromatic nitrogens is 1. The van der Waals surface area contributed by atoms with Gasteiger partial charge in [-0.25, -0.2) is 10.4 Å². The van der Waals surface area contributed by atoms with Crippen molar-refractivity contribution in [2.24, 2.45) is 5.10 Å². The number of carbonyl (C=O) groups is 1. The van der Waals surface area contributed by atoms with Crippen LogP contribution >= 0.6 is 23.1 Å². The average Bonchev–Trinajstić information content (AvgIpc) is 3.40. The maximum absolute atomic E-state index is 12.2. The Bertz CT molecular complexity index is 1380. The highest BCUT2D eigenvalue weighted by atomic mass is 32.2. The summed E-state index contributed by atoms with van der Waals surface area (Å²) in [6.45, 7) is 7.03. The third-order valence-corrected chi connectivity index (χ3v) is 7.71. The van der Waals surface area contributed by atoms with Gasteiger partial charge in [-0.1, -0.05) is 87.1 Å². The van der Waals surface area contributed by atoms with Crippen LogP contribution in [-0.4, -0.2) is 30.0 Å². The lowest BCUT2D eigenvalue weighted by Crippen LogP contribution is -2.19. The van der Waals surface area contributed by atoms with Gasteiger partial charge < -0.3 is 9.47 Å². The van der Waals surface area contributed by atoms with Crippen molar-refractivity contribution in [3.63, 3.8) is 0 Å². The minimum atomic E-state index is -0.202. The number of hydrogen-bond donors (Lipinski definition) is 1. The Morgan fingerprint density at radius 2 is 1.82 bits per heavy atom. The van der Waals surface area contributed by atoms with E-state index in [2.05, 4.69) is 60.5 Å². The lowest BCUT2D eigenvalue weighted by molar-refractivity contribution is -0.118. The Balaban J connectivity index is 1.26. The van der Waals surface area contributed by atoms with Crippen molar-refractivity contribution in [1.82, 2.24) is 10.4 Å². The quantitative estimate of drug-likeness (QED) is 0.133. The van der Waals surface area contributed by atoms with Crippen molar-refractivity contribution >= 4 is 35.2 Å². The van der Waals surface area contributed by atoms with E-state index in [0.29, 0.717) is 18.1 Å². The summed E-state index contributed by atoms with van der Waals surface area (Å²) in [6.07, 6.45) is 1.58. The van der Waals surface area contributed by atoms with Crippen LogP contribution in [0.3, 0.4) is 0 Å². The molecule has 0 saturated carbocycles. The van der Waals surface area contributed by atoms with Gasteiger partial charge in [0.15, 0.2) is 15.8 Å². The third kappa shape index (κ3) is 7.69. The van der Waals surface area contributed by atoms with Crippen LogP contribution in [0.15, 0.2) is 87.6 Å². The van der Waals surface area contributed by atoms with Gasteiger partial charge in [-0.05, 0) is 40.3 Å². The molecule has 4 aromatic rings. The monoisotopic (exact) mass is 545 g/mol. The fourth-order valence-corrected chi connectivity index (χ4v) is 5.18. The molecule has 3 aromatic carbocycles. The van der Waals surface area contributed by atoms with Crippen molar-refractivity contribution in [2.75, 3.05) is 12.9 Å². The summed E-state index contributed by atoms with van der Waals surface area (Å²) >= 11 is 2.91. The standard InChI is InChI=1S/C30H31N3O3S2/c1-30(2,3)24-13-10-21(11-14-24)18-36-26-15-12-22(16-27(26)35-4)17-31-33-28(34)20-38-29-32-25(19-37-29)23-8-6-5-7-9-23/h5-17,19H,18,20H2,1-4H3,(H,33,34)/b31-17+. The summed E-state index contributed by atoms with van der Waals surface area (Å²) in [6, 6.07) is 24.0. The first-order chi connectivity index (χ1) is 18.3. The molecule has 0 saturated heterocycles. The number of hydrazone groups is 1. The summed E-state index contributed by atoms with van der Waals surface area (Å²) < 4.78 is 12.3. The number of rotatable bonds is 10. The zero-order chi connectivity index (χ0) is 27.0. The largest absolute Gasteiger partial charge is 0.493 e. The van der Waals surface area contributed by atoms with E-state index < -0.39 is 0 Å². The SMILES string of the molecule is COc1cc(/C=N/NC(=O)CSc2nc(-c3ccccc3)cs2)ccc1OCc1ccc(C(C)(C)C)cc1. The van der Waals surface area contributed by atoms with Gasteiger partial charge in [-0.3, -0.25) is 4.79 Å². The predicted molar refractivity (Wildman–Crippen MR) is 156 cm³/mol. The highest BCUT2D eigenvalue weighted by Crippen LogP contribution is 2.30. The van der Waals surface area contributed by atoms with Gasteiger partial charge >= 0.3 is 0 Å². The fourth-order valence-electron chi connectivity index (χ4n) is 3.55. The first-order valence-electron chi connectivity index (χ1n) is 12.2. The molecule has 196 valence electrons. The summed E-state index contributed by atoms with van der Waals surface area (Å²) in [5.74, 6) is 1.27. The average molecular weight is 546 g/mol. The van der Waals surface area contributed by atoms with Gasteiger partial charge in [0.2, 0.25) is 0 Å². The van der Waals surface area contributed by atoms with E-state index in [1.165, 1.54) is 28.7 Å². The van der Waals surface area contributed by atoms with Gasteiger partial charge in [-0.15, -0.1) is 11.3 Å². The van der Waals surface area contributed by atoms with Crippen molar-refractivity contribution in [3.8, 4) is 22.8 Å². The zero-order valence-corrected chi connectivity index (χ0v) is 23.6. The van der Waals surface area contributed by atoms with E-state index in [9.17, 15) is 4.79 Å². The highest BCUT2D eigenvalue weighted by Gasteiger charge is 2.13. The molecule has 0 unspecified atom stereocenters. The molecule has 38 heavy (non-hydrogen) atoms. The summed E-state index contributed by atoms with van der Waals surface area (Å²) in [5.41, 5.74) is 7.81. The van der Waals surface area contributed by atoms with Crippen molar-refractivity contribution < 1.29 is 14.3 Å². The molecule has 0 spiro atoms. The molecule has 4 rings (SSSR count). The number of thioether (sulfide) groups is 1. The second-order valence-electron chi connectivity index (χ2n) is 9.59. The number of thiazole rings is 1. The molecule has 8 heteroatoms. The number of nitrogens with zero attached hydrogens (tertiary/aromatic N) is 2. The molecule has 0 aliphatic rings. The Labute approximate surface area is 232 Å². The molecule has 0 bridgehead atoms. The van der Waals surface area contributed by atoms with E-state index in [1.807, 2.05) is 53.9 Å². The second-order valence-corrected chi connectivity index (χ2v) is 11.7. The number of hydrogen-bond acceptors (Lipinski definition) is 7. The first-order valence-corrected chi connectivity index (χ1v) is 14.0. The highest BCUT2D eigenvalue weighted by molar-refractivity contribution is 8.01. The van der Waals surface area contributed by atoms with Crippen LogP contribution in [0.25, 0.3) is 11.3 Å². The fraction of sp³-hybridized carbons (Fsp3) is 0.233. The molecule has 1 heterocycles. The van der Waals surface area contributed by atoms with Crippen LogP contribution in [0, 0.1) is 0 Å². The van der Waals surface area contributed by atoms with Crippen molar-refractivity contribution in [2.45, 2.75) is 37.1 Å². The lowest BCUT2D eigenvalue weighted by Gasteiger charge is -2.19. The molecule has 1 amide bonds. The molecule has 1 N–H and O–H groups in total. The molecular weight excluding hydrogens is 514 g/mol. The minimum Gasteiger partial charge on any atom is -0.493 e. The molecule has 0 aliphatic heterocycles. The first kappa shape index (κ1) is 27.4. The third-order valence-electron chi connectivity index (χ3n) is 5.68. The predicted octanol–water partition coefficient (Wildman–Crippen LogP) is 6.94. The molecule has 0 radical (unpaired) electrons. The molecule has 0 aliphatic carbocycles. The molecule has 0 fully saturated rings. The number of benzene rings is 3. The zero-order valence-electron chi connectivity index (χ0n) is 21.9. The Morgan fingerprint density at radius 3 is 2.53 bits per heavy atom. The van der Waals surface area contributed by atoms with Gasteiger partial charge in [0.1, 0.15) is 6.61 Å². The Morgan fingerprint density at radius 1 is 1.05 bits per heavy atom. The normalized spacial score (nSPS) is 11.5. The summed E-state index contributed by atoms with van der Waals surface area (Å²) in [7, 11) is 1.60. The van der Waals surface area contributed by atoms with Crippen molar-refractivity contribution in [3.05, 3.63) is 94.9 Å². The van der Waals surface area contributed by atoms with Crippen molar-refractivity contribution in [1.29, 1.82) is 0 Å². The van der Waals surface area contributed by atoms with Crippen LogP contribution in [0.5, 0.6) is 11.5 Å². The molecular formula is C30H31N3O3S2. The number of ether oxygens (including phenoxy) is 2. The number of nitrogens with one attached hydrogen (secondary N) is 1. The van der Waals surface area contributed by atoms with Crippen LogP contribution in [0.4, 0.5) is 0 Å². The maximum Gasteiger partial charge on any atom is 0.250 e. The van der Waals surface area contributed by atoms with Gasteiger partial charge in [0.05, 0.1) is 24.8 Å². The van der Waals surface area contributed by atoms with E-state index in [-0.39, 0.29) is 17.1 Å². The van der Waals surface area contributed by atoms with E-state index >= 15 is 0 Å². The van der Waals surface area contributed by atoms with E-state index in [0.717, 1.165) is 26.7 Å². The molecule has 6 nitrogen and oxygen atoms in total. The van der Waals surface area contributed by atoms with Crippen LogP contribution in [0.1, 0.15) is 37.5 Å². The maximum atomic E-state index is 12.2. The second kappa shape index (κ2) is 12.8. The van der Waals surface area contributed by atoms with Gasteiger partial charge in [-0.2, -0.15) is 5.10 Å². The van der Waals surface area contributed by atoms with Gasteiger partial charge in [0, 0.05) is 10.9 Å². The summed E-state index contributed by atoms with van der Waals surface area (Å²) in [4.78, 5) is 16.8. The van der Waals surface area contributed by atoms with Crippen LogP contribution in [0.2, 0.25) is 0 Å². The Hall–Kier alpha value is -3.62. The van der Waals surface area contributed by atoms with Crippen LogP contribution in [-0.2, 0) is 16.8 Å². The smallest absolute Gasteiger partial charge is 0.250 e. The lowest BCUT2D eigenvalue weighted by atomic mass is 9.87.